The Labute approximate surface area is 84.4 Å². The van der Waals surface area contributed by atoms with Crippen molar-refractivity contribution in [1.82, 2.24) is 5.32 Å². The summed E-state index contributed by atoms with van der Waals surface area (Å²) in [6, 6.07) is 0. The van der Waals surface area contributed by atoms with Gasteiger partial charge in [-0.2, -0.15) is 0 Å². The van der Waals surface area contributed by atoms with Gasteiger partial charge in [-0.25, -0.2) is 4.79 Å². The Morgan fingerprint density at radius 3 is 2.92 bits per heavy atom. The van der Waals surface area contributed by atoms with E-state index in [2.05, 4.69) is 5.32 Å². The standard InChI is InChI=1S/C8H15NO3.ClH/c1-2-11-8(10)6-12-7-3-4-9-5-7;/h7,9H,2-6H2,1H3;1H/t7-;/m0./s1. The van der Waals surface area contributed by atoms with Crippen LogP contribution in [0.1, 0.15) is 13.3 Å². The molecule has 5 heteroatoms. The Morgan fingerprint density at radius 1 is 1.62 bits per heavy atom. The van der Waals surface area contributed by atoms with Crippen molar-refractivity contribution in [2.75, 3.05) is 26.3 Å². The van der Waals surface area contributed by atoms with Gasteiger partial charge in [0.05, 0.1) is 12.7 Å². The Kier molecular flexibility index (Phi) is 6.94. The van der Waals surface area contributed by atoms with E-state index in [1.165, 1.54) is 0 Å². The van der Waals surface area contributed by atoms with E-state index < -0.39 is 0 Å². The smallest absolute Gasteiger partial charge is 0.332 e. The van der Waals surface area contributed by atoms with Crippen molar-refractivity contribution in [3.8, 4) is 0 Å². The molecule has 1 aliphatic rings. The summed E-state index contributed by atoms with van der Waals surface area (Å²) in [7, 11) is 0. The second-order valence-electron chi connectivity index (χ2n) is 2.73. The number of esters is 1. The normalized spacial score (nSPS) is 20.8. The maximum atomic E-state index is 10.8. The molecule has 0 aromatic carbocycles. The van der Waals surface area contributed by atoms with E-state index in [-0.39, 0.29) is 31.1 Å². The van der Waals surface area contributed by atoms with Crippen LogP contribution in [0.5, 0.6) is 0 Å². The van der Waals surface area contributed by atoms with Crippen LogP contribution in [0.4, 0.5) is 0 Å². The number of hydrogen-bond donors (Lipinski definition) is 1. The lowest BCUT2D eigenvalue weighted by Crippen LogP contribution is -2.21. The maximum absolute atomic E-state index is 10.8. The third kappa shape index (κ3) is 5.08. The van der Waals surface area contributed by atoms with Crippen molar-refractivity contribution in [2.24, 2.45) is 0 Å². The van der Waals surface area contributed by atoms with E-state index in [1.807, 2.05) is 0 Å². The Balaban J connectivity index is 0.00000144. The molecule has 0 aromatic rings. The summed E-state index contributed by atoms with van der Waals surface area (Å²) in [6.45, 7) is 4.12. The second kappa shape index (κ2) is 7.12. The highest BCUT2D eigenvalue weighted by atomic mass is 35.5. The van der Waals surface area contributed by atoms with Crippen LogP contribution in [0, 0.1) is 0 Å². The van der Waals surface area contributed by atoms with Crippen LogP contribution in [0.3, 0.4) is 0 Å². The number of carbonyl (C=O) groups is 1. The molecule has 78 valence electrons. The number of hydrogen-bond acceptors (Lipinski definition) is 4. The van der Waals surface area contributed by atoms with E-state index in [0.29, 0.717) is 6.61 Å². The number of halogens is 1. The van der Waals surface area contributed by atoms with Gasteiger partial charge in [0.25, 0.3) is 0 Å². The van der Waals surface area contributed by atoms with E-state index in [0.717, 1.165) is 19.5 Å². The predicted octanol–water partition coefficient (Wildman–Crippen LogP) is 0.350. The summed E-state index contributed by atoms with van der Waals surface area (Å²) in [5.74, 6) is -0.274. The molecule has 1 N–H and O–H groups in total. The number of ether oxygens (including phenoxy) is 2. The maximum Gasteiger partial charge on any atom is 0.332 e. The molecule has 4 nitrogen and oxygen atoms in total. The fourth-order valence-corrected chi connectivity index (χ4v) is 1.16. The fraction of sp³-hybridized carbons (Fsp3) is 0.875. The molecule has 1 saturated heterocycles. The van der Waals surface area contributed by atoms with Crippen LogP contribution >= 0.6 is 12.4 Å². The molecular weight excluding hydrogens is 194 g/mol. The third-order valence-corrected chi connectivity index (χ3v) is 1.76. The van der Waals surface area contributed by atoms with Gasteiger partial charge in [-0.1, -0.05) is 0 Å². The van der Waals surface area contributed by atoms with Crippen molar-refractivity contribution in [3.05, 3.63) is 0 Å². The third-order valence-electron chi connectivity index (χ3n) is 1.76. The molecule has 0 amide bonds. The van der Waals surface area contributed by atoms with Gasteiger partial charge in [-0.15, -0.1) is 12.4 Å². The molecule has 1 heterocycles. The average molecular weight is 210 g/mol. The first-order chi connectivity index (χ1) is 5.83. The average Bonchev–Trinajstić information content (AvgIpc) is 2.53. The second-order valence-corrected chi connectivity index (χ2v) is 2.73. The van der Waals surface area contributed by atoms with Crippen LogP contribution in [-0.4, -0.2) is 38.4 Å². The van der Waals surface area contributed by atoms with Crippen LogP contribution < -0.4 is 5.32 Å². The first kappa shape index (κ1) is 12.7. The summed E-state index contributed by atoms with van der Waals surface area (Å²) < 4.78 is 10.00. The van der Waals surface area contributed by atoms with Crippen molar-refractivity contribution in [3.63, 3.8) is 0 Å². The van der Waals surface area contributed by atoms with Crippen molar-refractivity contribution >= 4 is 18.4 Å². The highest BCUT2D eigenvalue weighted by Gasteiger charge is 2.16. The minimum atomic E-state index is -0.274. The first-order valence-corrected chi connectivity index (χ1v) is 4.31. The van der Waals surface area contributed by atoms with Crippen molar-refractivity contribution in [1.29, 1.82) is 0 Å². The highest BCUT2D eigenvalue weighted by Crippen LogP contribution is 2.02. The Morgan fingerprint density at radius 2 is 2.38 bits per heavy atom. The topological polar surface area (TPSA) is 47.6 Å². The van der Waals surface area contributed by atoms with E-state index in [9.17, 15) is 4.79 Å². The number of nitrogens with one attached hydrogen (secondary N) is 1. The molecule has 0 bridgehead atoms. The minimum absolute atomic E-state index is 0. The number of rotatable bonds is 4. The molecule has 0 unspecified atom stereocenters. The lowest BCUT2D eigenvalue weighted by Gasteiger charge is -2.08. The van der Waals surface area contributed by atoms with Crippen molar-refractivity contribution in [2.45, 2.75) is 19.4 Å². The quantitative estimate of drug-likeness (QED) is 0.679. The zero-order valence-electron chi connectivity index (χ0n) is 7.75. The lowest BCUT2D eigenvalue weighted by atomic mass is 10.3. The fourth-order valence-electron chi connectivity index (χ4n) is 1.16. The summed E-state index contributed by atoms with van der Waals surface area (Å²) in [5, 5.41) is 3.15. The Hall–Kier alpha value is -0.320. The van der Waals surface area contributed by atoms with Gasteiger partial charge in [0, 0.05) is 6.54 Å². The summed E-state index contributed by atoms with van der Waals surface area (Å²) >= 11 is 0. The SMILES string of the molecule is CCOC(=O)CO[C@H]1CCNC1.Cl. The molecule has 13 heavy (non-hydrogen) atoms. The Bertz CT molecular complexity index is 148. The van der Waals surface area contributed by atoms with E-state index in [4.69, 9.17) is 9.47 Å². The molecule has 0 aliphatic carbocycles. The first-order valence-electron chi connectivity index (χ1n) is 4.31. The summed E-state index contributed by atoms with van der Waals surface area (Å²) in [6.07, 6.45) is 1.17. The predicted molar refractivity (Wildman–Crippen MR) is 51.1 cm³/mol. The van der Waals surface area contributed by atoms with Gasteiger partial charge >= 0.3 is 5.97 Å². The van der Waals surface area contributed by atoms with E-state index >= 15 is 0 Å². The lowest BCUT2D eigenvalue weighted by molar-refractivity contribution is -0.150. The van der Waals surface area contributed by atoms with Gasteiger partial charge in [-0.3, -0.25) is 0 Å². The van der Waals surface area contributed by atoms with Gasteiger partial charge in [0.15, 0.2) is 0 Å². The van der Waals surface area contributed by atoms with E-state index in [1.54, 1.807) is 6.92 Å². The molecule has 1 rings (SSSR count). The van der Waals surface area contributed by atoms with Gasteiger partial charge in [0.2, 0.25) is 0 Å². The molecule has 1 fully saturated rings. The molecule has 1 aliphatic heterocycles. The zero-order chi connectivity index (χ0) is 8.81. The highest BCUT2D eigenvalue weighted by molar-refractivity contribution is 5.85. The van der Waals surface area contributed by atoms with Crippen LogP contribution in [0.15, 0.2) is 0 Å². The van der Waals surface area contributed by atoms with Crippen LogP contribution in [0.2, 0.25) is 0 Å². The molecule has 0 spiro atoms. The van der Waals surface area contributed by atoms with Crippen LogP contribution in [0.25, 0.3) is 0 Å². The summed E-state index contributed by atoms with van der Waals surface area (Å²) in [4.78, 5) is 10.8. The van der Waals surface area contributed by atoms with Gasteiger partial charge in [0.1, 0.15) is 6.61 Å². The monoisotopic (exact) mass is 209 g/mol. The molecule has 0 radical (unpaired) electrons. The van der Waals surface area contributed by atoms with Gasteiger partial charge in [-0.05, 0) is 19.9 Å². The zero-order valence-corrected chi connectivity index (χ0v) is 8.56. The number of carbonyl (C=O) groups excluding carboxylic acids is 1. The molecule has 1 atom stereocenters. The largest absolute Gasteiger partial charge is 0.464 e. The minimum Gasteiger partial charge on any atom is -0.464 e. The molecular formula is C8H16ClNO3. The molecule has 0 aromatic heterocycles. The van der Waals surface area contributed by atoms with Crippen LogP contribution in [-0.2, 0) is 14.3 Å². The van der Waals surface area contributed by atoms with Crippen molar-refractivity contribution < 1.29 is 14.3 Å². The molecule has 0 saturated carbocycles. The summed E-state index contributed by atoms with van der Waals surface area (Å²) in [5.41, 5.74) is 0. The van der Waals surface area contributed by atoms with Gasteiger partial charge < -0.3 is 14.8 Å².